The summed E-state index contributed by atoms with van der Waals surface area (Å²) >= 11 is 0. The molecule has 1 atom stereocenters. The Hall–Kier alpha value is -3.89. The van der Waals surface area contributed by atoms with Crippen LogP contribution < -0.4 is 10.1 Å². The summed E-state index contributed by atoms with van der Waals surface area (Å²) in [6, 6.07) is 19.5. The molecule has 0 spiro atoms. The smallest absolute Gasteiger partial charge is 0.262 e. The number of carbonyl (C=O) groups excluding carboxylic acids is 1. The van der Waals surface area contributed by atoms with Crippen LogP contribution in [0.2, 0.25) is 0 Å². The molecule has 0 bridgehead atoms. The van der Waals surface area contributed by atoms with E-state index in [-0.39, 0.29) is 11.7 Å². The standard InChI is InChI=1S/C28H30N4O3/c1-2-3-15-34-25-13-11-21(12-14-25)27-23(20-32(31-27)24-8-5-4-6-9-24)17-22(18-29)28(33)30-19-26-10-7-16-35-26/h4-6,8-9,11-14,17,20,26H,2-3,7,10,15-16,19H2,1H3,(H,30,33)/b22-17+/t26-/m1/s1. The van der Waals surface area contributed by atoms with Gasteiger partial charge in [-0.05, 0) is 61.7 Å². The van der Waals surface area contributed by atoms with Crippen LogP contribution in [0.1, 0.15) is 38.2 Å². The molecular weight excluding hydrogens is 440 g/mol. The number of amides is 1. The molecule has 3 aromatic rings. The van der Waals surface area contributed by atoms with Crippen molar-refractivity contribution in [2.24, 2.45) is 0 Å². The first-order valence-electron chi connectivity index (χ1n) is 12.1. The highest BCUT2D eigenvalue weighted by atomic mass is 16.5. The molecule has 1 aliphatic rings. The van der Waals surface area contributed by atoms with E-state index in [0.717, 1.165) is 42.7 Å². The van der Waals surface area contributed by atoms with Crippen LogP contribution in [0.3, 0.4) is 0 Å². The van der Waals surface area contributed by atoms with E-state index in [1.807, 2.05) is 66.9 Å². The minimum absolute atomic E-state index is 0.00773. The van der Waals surface area contributed by atoms with Gasteiger partial charge in [0, 0.05) is 30.5 Å². The summed E-state index contributed by atoms with van der Waals surface area (Å²) in [5, 5.41) is 17.3. The summed E-state index contributed by atoms with van der Waals surface area (Å²) in [5.41, 5.74) is 3.13. The van der Waals surface area contributed by atoms with Crippen LogP contribution in [-0.4, -0.2) is 41.6 Å². The molecule has 7 heteroatoms. The number of nitrogens with one attached hydrogen (secondary N) is 1. The molecule has 1 aliphatic heterocycles. The molecule has 0 radical (unpaired) electrons. The highest BCUT2D eigenvalue weighted by Crippen LogP contribution is 2.27. The van der Waals surface area contributed by atoms with Crippen molar-refractivity contribution in [2.45, 2.75) is 38.7 Å². The predicted octanol–water partition coefficient (Wildman–Crippen LogP) is 4.92. The molecule has 7 nitrogen and oxygen atoms in total. The zero-order valence-corrected chi connectivity index (χ0v) is 19.9. The fourth-order valence-corrected chi connectivity index (χ4v) is 3.88. The van der Waals surface area contributed by atoms with E-state index in [2.05, 4.69) is 12.2 Å². The Labute approximate surface area is 206 Å². The van der Waals surface area contributed by atoms with Crippen molar-refractivity contribution in [1.82, 2.24) is 15.1 Å². The number of rotatable bonds is 10. The molecule has 0 aliphatic carbocycles. The van der Waals surface area contributed by atoms with E-state index in [1.54, 1.807) is 10.8 Å². The lowest BCUT2D eigenvalue weighted by molar-refractivity contribution is -0.117. The Morgan fingerprint density at radius 1 is 1.26 bits per heavy atom. The van der Waals surface area contributed by atoms with Gasteiger partial charge in [0.2, 0.25) is 0 Å². The molecule has 1 saturated heterocycles. The summed E-state index contributed by atoms with van der Waals surface area (Å²) < 4.78 is 13.1. The third-order valence-electron chi connectivity index (χ3n) is 5.84. The van der Waals surface area contributed by atoms with E-state index in [0.29, 0.717) is 31.0 Å². The van der Waals surface area contributed by atoms with E-state index in [9.17, 15) is 10.1 Å². The van der Waals surface area contributed by atoms with Crippen LogP contribution in [0.5, 0.6) is 5.75 Å². The first-order valence-corrected chi connectivity index (χ1v) is 12.1. The number of nitriles is 1. The Kier molecular flexibility index (Phi) is 8.31. The predicted molar refractivity (Wildman–Crippen MR) is 135 cm³/mol. The van der Waals surface area contributed by atoms with Gasteiger partial charge < -0.3 is 14.8 Å². The second-order valence-corrected chi connectivity index (χ2v) is 8.45. The van der Waals surface area contributed by atoms with Crippen LogP contribution in [0.15, 0.2) is 66.4 Å². The molecule has 2 heterocycles. The van der Waals surface area contributed by atoms with Crippen LogP contribution >= 0.6 is 0 Å². The number of unbranched alkanes of at least 4 members (excludes halogenated alkanes) is 1. The van der Waals surface area contributed by atoms with E-state index in [4.69, 9.17) is 14.6 Å². The lowest BCUT2D eigenvalue weighted by Crippen LogP contribution is -2.32. The van der Waals surface area contributed by atoms with Crippen LogP contribution in [-0.2, 0) is 9.53 Å². The van der Waals surface area contributed by atoms with Gasteiger partial charge in [0.25, 0.3) is 5.91 Å². The number of aromatic nitrogens is 2. The summed E-state index contributed by atoms with van der Waals surface area (Å²) in [7, 11) is 0. The third-order valence-corrected chi connectivity index (χ3v) is 5.84. The summed E-state index contributed by atoms with van der Waals surface area (Å²) in [6.45, 7) is 3.92. The summed E-state index contributed by atoms with van der Waals surface area (Å²) in [4.78, 5) is 12.7. The number of benzene rings is 2. The highest BCUT2D eigenvalue weighted by molar-refractivity contribution is 6.02. The first kappa shape index (κ1) is 24.2. The van der Waals surface area contributed by atoms with Crippen LogP contribution in [0, 0.1) is 11.3 Å². The lowest BCUT2D eigenvalue weighted by atomic mass is 10.1. The van der Waals surface area contributed by atoms with Crippen molar-refractivity contribution < 1.29 is 14.3 Å². The van der Waals surface area contributed by atoms with Crippen molar-refractivity contribution in [1.29, 1.82) is 5.26 Å². The SMILES string of the molecule is CCCCOc1ccc(-c2nn(-c3ccccc3)cc2/C=C(\C#N)C(=O)NC[C@H]2CCCO2)cc1. The number of ether oxygens (including phenoxy) is 2. The normalized spacial score (nSPS) is 15.5. The first-order chi connectivity index (χ1) is 17.2. The second kappa shape index (κ2) is 12.0. The monoisotopic (exact) mass is 470 g/mol. The van der Waals surface area contributed by atoms with Gasteiger partial charge in [0.15, 0.2) is 0 Å². The Bertz CT molecular complexity index is 1190. The lowest BCUT2D eigenvalue weighted by Gasteiger charge is -2.10. The van der Waals surface area contributed by atoms with Crippen molar-refractivity contribution in [3.8, 4) is 28.8 Å². The fourth-order valence-electron chi connectivity index (χ4n) is 3.88. The maximum atomic E-state index is 12.7. The van der Waals surface area contributed by atoms with Crippen LogP contribution in [0.4, 0.5) is 0 Å². The number of carbonyl (C=O) groups is 1. The third kappa shape index (κ3) is 6.37. The zero-order valence-electron chi connectivity index (χ0n) is 19.9. The van der Waals surface area contributed by atoms with Crippen LogP contribution in [0.25, 0.3) is 23.0 Å². The maximum absolute atomic E-state index is 12.7. The minimum atomic E-state index is -0.416. The highest BCUT2D eigenvalue weighted by Gasteiger charge is 2.19. The van der Waals surface area contributed by atoms with Gasteiger partial charge >= 0.3 is 0 Å². The van der Waals surface area contributed by atoms with Crippen molar-refractivity contribution in [2.75, 3.05) is 19.8 Å². The largest absolute Gasteiger partial charge is 0.494 e. The van der Waals surface area contributed by atoms with E-state index < -0.39 is 5.91 Å². The average molecular weight is 471 g/mol. The molecule has 1 N–H and O–H groups in total. The van der Waals surface area contributed by atoms with Gasteiger partial charge in [-0.3, -0.25) is 4.79 Å². The number of hydrogen-bond acceptors (Lipinski definition) is 5. The van der Waals surface area contributed by atoms with E-state index >= 15 is 0 Å². The van der Waals surface area contributed by atoms with Crippen molar-refractivity contribution in [3.63, 3.8) is 0 Å². The number of hydrogen-bond donors (Lipinski definition) is 1. The average Bonchev–Trinajstić information content (AvgIpc) is 3.57. The molecule has 35 heavy (non-hydrogen) atoms. The maximum Gasteiger partial charge on any atom is 0.262 e. The minimum Gasteiger partial charge on any atom is -0.494 e. The molecule has 1 aromatic heterocycles. The fraction of sp³-hybridized carbons (Fsp3) is 0.321. The molecular formula is C28H30N4O3. The van der Waals surface area contributed by atoms with Gasteiger partial charge in [-0.15, -0.1) is 0 Å². The Balaban J connectivity index is 1.62. The van der Waals surface area contributed by atoms with Crippen molar-refractivity contribution in [3.05, 3.63) is 71.9 Å². The molecule has 1 fully saturated rings. The Morgan fingerprint density at radius 3 is 2.74 bits per heavy atom. The molecule has 1 amide bonds. The molecule has 0 saturated carbocycles. The molecule has 0 unspecified atom stereocenters. The van der Waals surface area contributed by atoms with Gasteiger partial charge in [0.05, 0.1) is 24.1 Å². The van der Waals surface area contributed by atoms with Gasteiger partial charge in [-0.2, -0.15) is 10.4 Å². The summed E-state index contributed by atoms with van der Waals surface area (Å²) in [6.07, 6.45) is 7.42. The van der Waals surface area contributed by atoms with Gasteiger partial charge in [0.1, 0.15) is 17.4 Å². The topological polar surface area (TPSA) is 89.2 Å². The quantitative estimate of drug-likeness (QED) is 0.258. The van der Waals surface area contributed by atoms with Gasteiger partial charge in [-0.25, -0.2) is 4.68 Å². The van der Waals surface area contributed by atoms with Crippen molar-refractivity contribution >= 4 is 12.0 Å². The van der Waals surface area contributed by atoms with E-state index in [1.165, 1.54) is 0 Å². The molecule has 4 rings (SSSR count). The molecule has 2 aromatic carbocycles. The molecule has 180 valence electrons. The zero-order chi connectivity index (χ0) is 24.5. The van der Waals surface area contributed by atoms with Gasteiger partial charge in [-0.1, -0.05) is 31.5 Å². The summed E-state index contributed by atoms with van der Waals surface area (Å²) in [5.74, 6) is 0.383. The second-order valence-electron chi connectivity index (χ2n) is 8.45. The Morgan fingerprint density at radius 2 is 2.06 bits per heavy atom. The number of nitrogens with zero attached hydrogens (tertiary/aromatic N) is 3. The number of para-hydroxylation sites is 1.